The number of carbonyl (C=O) groups excluding carboxylic acids is 1. The van der Waals surface area contributed by atoms with Crippen molar-refractivity contribution in [2.24, 2.45) is 0 Å². The first-order valence-electron chi connectivity index (χ1n) is 6.42. The number of phenolic OH excluding ortho intramolecular Hbond substituents is 3. The Bertz CT molecular complexity index is 664. The summed E-state index contributed by atoms with van der Waals surface area (Å²) >= 11 is 0. The second-order valence-electron chi connectivity index (χ2n) is 4.62. The Balaban J connectivity index is 2.08. The summed E-state index contributed by atoms with van der Waals surface area (Å²) in [6.07, 6.45) is 0.453. The number of ketones is 1. The zero-order chi connectivity index (χ0) is 15.4. The molecular weight excluding hydrogens is 272 g/mol. The topological polar surface area (TPSA) is 87.0 Å². The Morgan fingerprint density at radius 3 is 2.43 bits per heavy atom. The highest BCUT2D eigenvalue weighted by atomic mass is 16.5. The average Bonchev–Trinajstić information content (AvgIpc) is 2.45. The molecule has 5 nitrogen and oxygen atoms in total. The lowest BCUT2D eigenvalue weighted by molar-refractivity contribution is 0.0980. The normalized spacial score (nSPS) is 10.3. The van der Waals surface area contributed by atoms with E-state index in [9.17, 15) is 20.1 Å². The molecule has 0 aromatic heterocycles. The van der Waals surface area contributed by atoms with E-state index >= 15 is 0 Å². The molecule has 0 atom stereocenters. The molecule has 0 spiro atoms. The van der Waals surface area contributed by atoms with Gasteiger partial charge in [0.25, 0.3) is 0 Å². The molecular formula is C16H16O5. The van der Waals surface area contributed by atoms with Crippen molar-refractivity contribution in [3.05, 3.63) is 47.5 Å². The third-order valence-electron chi connectivity index (χ3n) is 3.20. The second-order valence-corrected chi connectivity index (χ2v) is 4.62. The van der Waals surface area contributed by atoms with Crippen LogP contribution < -0.4 is 4.74 Å². The summed E-state index contributed by atoms with van der Waals surface area (Å²) in [6.45, 7) is 0. The number of aromatic hydroxyl groups is 3. The maximum atomic E-state index is 12.1. The first-order valence-corrected chi connectivity index (χ1v) is 6.42. The standard InChI is InChI=1S/C16H16O5/c1-21-12-5-6-13(16(20)9-12)14(18)7-3-10-2-4-11(17)8-15(10)19/h2,4-6,8-9,17,19-20H,3,7H2,1H3. The van der Waals surface area contributed by atoms with Gasteiger partial charge in [0, 0.05) is 18.6 Å². The summed E-state index contributed by atoms with van der Waals surface area (Å²) < 4.78 is 4.96. The number of hydrogen-bond donors (Lipinski definition) is 3. The number of aryl methyl sites for hydroxylation is 1. The van der Waals surface area contributed by atoms with E-state index in [1.54, 1.807) is 12.1 Å². The number of carbonyl (C=O) groups is 1. The van der Waals surface area contributed by atoms with E-state index in [0.717, 1.165) is 0 Å². The van der Waals surface area contributed by atoms with Gasteiger partial charge in [-0.3, -0.25) is 4.79 Å². The maximum absolute atomic E-state index is 12.1. The molecule has 0 saturated heterocycles. The third kappa shape index (κ3) is 3.45. The van der Waals surface area contributed by atoms with E-state index in [2.05, 4.69) is 0 Å². The molecule has 0 radical (unpaired) electrons. The first-order chi connectivity index (χ1) is 10.0. The van der Waals surface area contributed by atoms with Gasteiger partial charge in [0.15, 0.2) is 5.78 Å². The molecule has 0 unspecified atom stereocenters. The van der Waals surface area contributed by atoms with E-state index in [0.29, 0.717) is 17.7 Å². The Hall–Kier alpha value is -2.69. The Labute approximate surface area is 122 Å². The molecule has 0 aliphatic rings. The summed E-state index contributed by atoms with van der Waals surface area (Å²) in [5.41, 5.74) is 0.781. The van der Waals surface area contributed by atoms with Crippen LogP contribution in [0.15, 0.2) is 36.4 Å². The highest BCUT2D eigenvalue weighted by Gasteiger charge is 2.13. The van der Waals surface area contributed by atoms with Crippen LogP contribution in [0, 0.1) is 0 Å². The van der Waals surface area contributed by atoms with Crippen LogP contribution in [0.4, 0.5) is 0 Å². The number of hydrogen-bond acceptors (Lipinski definition) is 5. The van der Waals surface area contributed by atoms with E-state index in [-0.39, 0.29) is 35.0 Å². The predicted molar refractivity (Wildman–Crippen MR) is 77.1 cm³/mol. The third-order valence-corrected chi connectivity index (χ3v) is 3.20. The lowest BCUT2D eigenvalue weighted by Gasteiger charge is -2.07. The quantitative estimate of drug-likeness (QED) is 0.736. The molecule has 2 rings (SSSR count). The van der Waals surface area contributed by atoms with Gasteiger partial charge in [-0.1, -0.05) is 6.07 Å². The fraction of sp³-hybridized carbons (Fsp3) is 0.188. The van der Waals surface area contributed by atoms with Crippen LogP contribution in [0.2, 0.25) is 0 Å². The molecule has 0 heterocycles. The molecule has 0 bridgehead atoms. The molecule has 0 saturated carbocycles. The number of phenols is 3. The van der Waals surface area contributed by atoms with Crippen molar-refractivity contribution in [3.63, 3.8) is 0 Å². The molecule has 0 fully saturated rings. The molecule has 2 aromatic rings. The van der Waals surface area contributed by atoms with Gasteiger partial charge in [0.1, 0.15) is 23.0 Å². The smallest absolute Gasteiger partial charge is 0.166 e. The van der Waals surface area contributed by atoms with Crippen molar-refractivity contribution < 1.29 is 24.9 Å². The summed E-state index contributed by atoms with van der Waals surface area (Å²) in [6, 6.07) is 8.73. The van der Waals surface area contributed by atoms with Gasteiger partial charge in [-0.05, 0) is 30.2 Å². The fourth-order valence-electron chi connectivity index (χ4n) is 2.02. The largest absolute Gasteiger partial charge is 0.508 e. The van der Waals surface area contributed by atoms with Gasteiger partial charge in [-0.15, -0.1) is 0 Å². The van der Waals surface area contributed by atoms with Gasteiger partial charge in [-0.2, -0.15) is 0 Å². The van der Waals surface area contributed by atoms with Gasteiger partial charge in [-0.25, -0.2) is 0 Å². The molecule has 3 N–H and O–H groups in total. The van der Waals surface area contributed by atoms with Crippen molar-refractivity contribution in [3.8, 4) is 23.0 Å². The monoisotopic (exact) mass is 288 g/mol. The van der Waals surface area contributed by atoms with Crippen LogP contribution >= 0.6 is 0 Å². The van der Waals surface area contributed by atoms with Crippen LogP contribution in [0.5, 0.6) is 23.0 Å². The zero-order valence-corrected chi connectivity index (χ0v) is 11.5. The van der Waals surface area contributed by atoms with Crippen molar-refractivity contribution >= 4 is 5.78 Å². The minimum atomic E-state index is -0.234. The number of benzene rings is 2. The van der Waals surface area contributed by atoms with E-state index in [1.807, 2.05) is 0 Å². The van der Waals surface area contributed by atoms with Crippen molar-refractivity contribution in [2.75, 3.05) is 7.11 Å². The summed E-state index contributed by atoms with van der Waals surface area (Å²) in [5.74, 6) is 0.0225. The summed E-state index contributed by atoms with van der Waals surface area (Å²) in [7, 11) is 1.48. The van der Waals surface area contributed by atoms with Gasteiger partial charge < -0.3 is 20.1 Å². The Morgan fingerprint density at radius 1 is 1.05 bits per heavy atom. The molecule has 5 heteroatoms. The fourth-order valence-corrected chi connectivity index (χ4v) is 2.02. The van der Waals surface area contributed by atoms with Gasteiger partial charge >= 0.3 is 0 Å². The molecule has 0 aliphatic heterocycles. The zero-order valence-electron chi connectivity index (χ0n) is 11.5. The maximum Gasteiger partial charge on any atom is 0.166 e. The lowest BCUT2D eigenvalue weighted by Crippen LogP contribution is -2.02. The lowest BCUT2D eigenvalue weighted by atomic mass is 10.0. The van der Waals surface area contributed by atoms with Crippen LogP contribution in [0.3, 0.4) is 0 Å². The highest BCUT2D eigenvalue weighted by molar-refractivity contribution is 5.98. The van der Waals surface area contributed by atoms with Crippen molar-refractivity contribution in [2.45, 2.75) is 12.8 Å². The Kier molecular flexibility index (Phi) is 4.33. The minimum Gasteiger partial charge on any atom is -0.508 e. The highest BCUT2D eigenvalue weighted by Crippen LogP contribution is 2.27. The number of ether oxygens (including phenoxy) is 1. The summed E-state index contributed by atoms with van der Waals surface area (Å²) in [5, 5.41) is 28.7. The predicted octanol–water partition coefficient (Wildman–Crippen LogP) is 2.63. The van der Waals surface area contributed by atoms with Crippen LogP contribution in [-0.4, -0.2) is 28.2 Å². The molecule has 110 valence electrons. The van der Waals surface area contributed by atoms with Gasteiger partial charge in [0.05, 0.1) is 12.7 Å². The molecule has 21 heavy (non-hydrogen) atoms. The molecule has 0 amide bonds. The summed E-state index contributed by atoms with van der Waals surface area (Å²) in [4.78, 5) is 12.1. The second kappa shape index (κ2) is 6.17. The van der Waals surface area contributed by atoms with Crippen molar-refractivity contribution in [1.82, 2.24) is 0 Å². The van der Waals surface area contributed by atoms with Crippen LogP contribution in [0.25, 0.3) is 0 Å². The van der Waals surface area contributed by atoms with Crippen LogP contribution in [0.1, 0.15) is 22.3 Å². The SMILES string of the molecule is COc1ccc(C(=O)CCc2ccc(O)cc2O)c(O)c1. The number of Topliss-reactive ketones (excluding diaryl/α,β-unsaturated/α-hetero) is 1. The minimum absolute atomic E-state index is 0.0321. The van der Waals surface area contributed by atoms with E-state index < -0.39 is 0 Å². The first kappa shape index (κ1) is 14.7. The van der Waals surface area contributed by atoms with Gasteiger partial charge in [0.2, 0.25) is 0 Å². The van der Waals surface area contributed by atoms with Crippen LogP contribution in [-0.2, 0) is 6.42 Å². The van der Waals surface area contributed by atoms with E-state index in [1.165, 1.54) is 31.4 Å². The Morgan fingerprint density at radius 2 is 1.81 bits per heavy atom. The number of methoxy groups -OCH3 is 1. The van der Waals surface area contributed by atoms with E-state index in [4.69, 9.17) is 4.74 Å². The molecule has 2 aromatic carbocycles. The number of rotatable bonds is 5. The average molecular weight is 288 g/mol. The molecule has 0 aliphatic carbocycles. The van der Waals surface area contributed by atoms with Crippen molar-refractivity contribution in [1.29, 1.82) is 0 Å².